The molecule has 1 unspecified atom stereocenters. The summed E-state index contributed by atoms with van der Waals surface area (Å²) >= 11 is 5.78. The van der Waals surface area contributed by atoms with Gasteiger partial charge in [-0.15, -0.1) is 0 Å². The van der Waals surface area contributed by atoms with Crippen LogP contribution in [0.25, 0.3) is 0 Å². The molecule has 3 rings (SSSR count). The van der Waals surface area contributed by atoms with Crippen molar-refractivity contribution in [2.75, 3.05) is 5.32 Å². The van der Waals surface area contributed by atoms with Crippen LogP contribution in [0.5, 0.6) is 0 Å². The number of anilines is 1. The molecule has 1 aliphatic rings. The monoisotopic (exact) mass is 381 g/mol. The number of aliphatic hydroxyl groups excluding tert-OH is 1. The van der Waals surface area contributed by atoms with E-state index in [0.717, 1.165) is 6.20 Å². The minimum Gasteiger partial charge on any atom is -0.366 e. The van der Waals surface area contributed by atoms with E-state index < -0.39 is 23.7 Å². The van der Waals surface area contributed by atoms with Gasteiger partial charge in [0, 0.05) is 17.5 Å². The Morgan fingerprint density at radius 3 is 2.69 bits per heavy atom. The Labute approximate surface area is 153 Å². The van der Waals surface area contributed by atoms with Crippen molar-refractivity contribution in [2.24, 2.45) is 4.99 Å². The van der Waals surface area contributed by atoms with Crippen LogP contribution in [0.3, 0.4) is 0 Å². The highest BCUT2D eigenvalue weighted by Gasteiger charge is 2.23. The maximum atomic E-state index is 13.8. The standard InChI is InChI=1S/C18H15ClF3N3O/c1-10-13(20)3-2-4-16(10)23-18-24-17(26)15(22)9-25(18)8-11-5-6-14(21)12(19)7-11/h2-7,9,17,26H,8H2,1H3,(H,23,24). The molecule has 0 radical (unpaired) electrons. The van der Waals surface area contributed by atoms with E-state index in [1.54, 1.807) is 13.0 Å². The summed E-state index contributed by atoms with van der Waals surface area (Å²) in [7, 11) is 0. The molecule has 0 bridgehead atoms. The zero-order chi connectivity index (χ0) is 18.8. The Kier molecular flexibility index (Phi) is 5.20. The minimum atomic E-state index is -1.65. The molecule has 1 atom stereocenters. The summed E-state index contributed by atoms with van der Waals surface area (Å²) in [5, 5.41) is 12.5. The van der Waals surface area contributed by atoms with Crippen molar-refractivity contribution >= 4 is 23.2 Å². The van der Waals surface area contributed by atoms with E-state index in [-0.39, 0.29) is 17.5 Å². The van der Waals surface area contributed by atoms with Crippen molar-refractivity contribution in [3.05, 3.63) is 76.2 Å². The molecule has 1 aliphatic heterocycles. The summed E-state index contributed by atoms with van der Waals surface area (Å²) < 4.78 is 40.9. The van der Waals surface area contributed by atoms with Crippen molar-refractivity contribution in [2.45, 2.75) is 19.7 Å². The SMILES string of the molecule is Cc1c(F)cccc1NC1=NC(O)C(F)=CN1Cc1ccc(F)c(Cl)c1. The quantitative estimate of drug-likeness (QED) is 0.831. The van der Waals surface area contributed by atoms with Gasteiger partial charge in [0.1, 0.15) is 11.6 Å². The Morgan fingerprint density at radius 2 is 1.96 bits per heavy atom. The summed E-state index contributed by atoms with van der Waals surface area (Å²) in [5.74, 6) is -1.70. The summed E-state index contributed by atoms with van der Waals surface area (Å²) in [5.41, 5.74) is 1.38. The van der Waals surface area contributed by atoms with Gasteiger partial charge in [-0.05, 0) is 36.8 Å². The van der Waals surface area contributed by atoms with Gasteiger partial charge in [0.2, 0.25) is 12.2 Å². The predicted octanol–water partition coefficient (Wildman–Crippen LogP) is 4.34. The molecule has 0 saturated heterocycles. The fourth-order valence-corrected chi connectivity index (χ4v) is 2.65. The fourth-order valence-electron chi connectivity index (χ4n) is 2.45. The molecule has 136 valence electrons. The number of hydrogen-bond donors (Lipinski definition) is 2. The molecule has 2 N–H and O–H groups in total. The largest absolute Gasteiger partial charge is 0.366 e. The highest BCUT2D eigenvalue weighted by Crippen LogP contribution is 2.23. The second kappa shape index (κ2) is 7.39. The van der Waals surface area contributed by atoms with E-state index in [9.17, 15) is 18.3 Å². The lowest BCUT2D eigenvalue weighted by molar-refractivity contribution is 0.181. The Bertz CT molecular complexity index is 901. The van der Waals surface area contributed by atoms with Crippen molar-refractivity contribution in [3.8, 4) is 0 Å². The third-order valence-electron chi connectivity index (χ3n) is 3.89. The van der Waals surface area contributed by atoms with Crippen molar-refractivity contribution in [3.63, 3.8) is 0 Å². The van der Waals surface area contributed by atoms with Gasteiger partial charge in [0.25, 0.3) is 0 Å². The van der Waals surface area contributed by atoms with Crippen LogP contribution in [0.15, 0.2) is 53.4 Å². The molecular weight excluding hydrogens is 367 g/mol. The van der Waals surface area contributed by atoms with E-state index in [4.69, 9.17) is 11.6 Å². The van der Waals surface area contributed by atoms with Crippen LogP contribution in [0, 0.1) is 18.6 Å². The number of aliphatic hydroxyl groups is 1. The van der Waals surface area contributed by atoms with Gasteiger partial charge < -0.3 is 15.3 Å². The number of hydrogen-bond acceptors (Lipinski definition) is 4. The van der Waals surface area contributed by atoms with Crippen LogP contribution in [-0.4, -0.2) is 22.2 Å². The third kappa shape index (κ3) is 3.84. The summed E-state index contributed by atoms with van der Waals surface area (Å²) in [6.45, 7) is 1.69. The van der Waals surface area contributed by atoms with E-state index in [2.05, 4.69) is 10.3 Å². The lowest BCUT2D eigenvalue weighted by Crippen LogP contribution is -2.37. The van der Waals surface area contributed by atoms with Gasteiger partial charge in [-0.2, -0.15) is 0 Å². The molecule has 0 saturated carbocycles. The molecule has 1 heterocycles. The van der Waals surface area contributed by atoms with Crippen molar-refractivity contribution in [1.82, 2.24) is 4.90 Å². The molecule has 26 heavy (non-hydrogen) atoms. The van der Waals surface area contributed by atoms with E-state index >= 15 is 0 Å². The molecule has 0 fully saturated rings. The molecular formula is C18H15ClF3N3O. The summed E-state index contributed by atoms with van der Waals surface area (Å²) in [6.07, 6.45) is -0.578. The van der Waals surface area contributed by atoms with Crippen LogP contribution in [-0.2, 0) is 6.54 Å². The summed E-state index contributed by atoms with van der Waals surface area (Å²) in [6, 6.07) is 8.59. The van der Waals surface area contributed by atoms with E-state index in [1.807, 2.05) is 0 Å². The molecule has 0 aliphatic carbocycles. The highest BCUT2D eigenvalue weighted by atomic mass is 35.5. The average Bonchev–Trinajstić information content (AvgIpc) is 2.59. The normalized spacial score (nSPS) is 17.0. The lowest BCUT2D eigenvalue weighted by atomic mass is 10.2. The third-order valence-corrected chi connectivity index (χ3v) is 4.18. The average molecular weight is 382 g/mol. The first-order chi connectivity index (χ1) is 12.3. The smallest absolute Gasteiger partial charge is 0.205 e. The Hall–Kier alpha value is -2.51. The zero-order valence-electron chi connectivity index (χ0n) is 13.7. The van der Waals surface area contributed by atoms with Gasteiger partial charge in [0.05, 0.1) is 11.6 Å². The fraction of sp³-hybridized carbons (Fsp3) is 0.167. The molecule has 0 spiro atoms. The van der Waals surface area contributed by atoms with E-state index in [0.29, 0.717) is 16.8 Å². The van der Waals surface area contributed by atoms with Crippen molar-refractivity contribution < 1.29 is 18.3 Å². The first kappa shape index (κ1) is 18.3. The highest BCUT2D eigenvalue weighted by molar-refractivity contribution is 6.30. The first-order valence-electron chi connectivity index (χ1n) is 7.71. The van der Waals surface area contributed by atoms with Gasteiger partial charge in [-0.3, -0.25) is 0 Å². The van der Waals surface area contributed by atoms with Crippen LogP contribution < -0.4 is 5.32 Å². The van der Waals surface area contributed by atoms with Crippen LogP contribution >= 0.6 is 11.6 Å². The zero-order valence-corrected chi connectivity index (χ0v) is 14.4. The van der Waals surface area contributed by atoms with Gasteiger partial charge >= 0.3 is 0 Å². The van der Waals surface area contributed by atoms with Gasteiger partial charge in [-0.1, -0.05) is 23.7 Å². The molecule has 0 aromatic heterocycles. The molecule has 4 nitrogen and oxygen atoms in total. The predicted molar refractivity (Wildman–Crippen MR) is 94.3 cm³/mol. The van der Waals surface area contributed by atoms with Gasteiger partial charge in [0.15, 0.2) is 5.83 Å². The second-order valence-electron chi connectivity index (χ2n) is 5.75. The lowest BCUT2D eigenvalue weighted by Gasteiger charge is -2.28. The molecule has 8 heteroatoms. The number of nitrogens with one attached hydrogen (secondary N) is 1. The first-order valence-corrected chi connectivity index (χ1v) is 8.08. The Balaban J connectivity index is 1.89. The number of nitrogens with zero attached hydrogens (tertiary/aromatic N) is 2. The topological polar surface area (TPSA) is 47.9 Å². The molecule has 2 aromatic carbocycles. The number of guanidine groups is 1. The number of rotatable bonds is 3. The Morgan fingerprint density at radius 1 is 1.19 bits per heavy atom. The maximum Gasteiger partial charge on any atom is 0.205 e. The second-order valence-corrected chi connectivity index (χ2v) is 6.16. The molecule has 0 amide bonds. The maximum absolute atomic E-state index is 13.8. The number of benzene rings is 2. The van der Waals surface area contributed by atoms with Crippen LogP contribution in [0.4, 0.5) is 18.9 Å². The number of aliphatic imine (C=N–C) groups is 1. The minimum absolute atomic E-state index is 0.0589. The summed E-state index contributed by atoms with van der Waals surface area (Å²) in [4.78, 5) is 5.25. The van der Waals surface area contributed by atoms with Crippen molar-refractivity contribution in [1.29, 1.82) is 0 Å². The van der Waals surface area contributed by atoms with E-state index in [1.165, 1.54) is 35.2 Å². The van der Waals surface area contributed by atoms with Crippen LogP contribution in [0.2, 0.25) is 5.02 Å². The van der Waals surface area contributed by atoms with Gasteiger partial charge in [-0.25, -0.2) is 18.2 Å². The molecule has 2 aromatic rings. The van der Waals surface area contributed by atoms with Crippen LogP contribution in [0.1, 0.15) is 11.1 Å². The number of halogens is 4.